The third-order valence-corrected chi connectivity index (χ3v) is 3.33. The first-order chi connectivity index (χ1) is 6.66. The minimum atomic E-state index is -0.473. The number of halogens is 1. The summed E-state index contributed by atoms with van der Waals surface area (Å²) in [6, 6.07) is 3.66. The number of nitrogens with zero attached hydrogens (tertiary/aromatic N) is 1. The van der Waals surface area contributed by atoms with Gasteiger partial charge < -0.3 is 9.52 Å². The number of hydrogen-bond acceptors (Lipinski definition) is 4. The molecule has 5 heteroatoms. The summed E-state index contributed by atoms with van der Waals surface area (Å²) in [7, 11) is 0. The van der Waals surface area contributed by atoms with Crippen molar-refractivity contribution in [2.24, 2.45) is 0 Å². The van der Waals surface area contributed by atoms with Gasteiger partial charge >= 0.3 is 0 Å². The third-order valence-electron chi connectivity index (χ3n) is 1.72. The number of rotatable bonds is 2. The molecule has 3 nitrogen and oxygen atoms in total. The smallest absolute Gasteiger partial charge is 0.170 e. The molecule has 2 aromatic rings. The molecule has 74 valence electrons. The van der Waals surface area contributed by atoms with Crippen LogP contribution in [0.25, 0.3) is 10.8 Å². The fourth-order valence-electron chi connectivity index (χ4n) is 1.02. The van der Waals surface area contributed by atoms with Gasteiger partial charge in [0.2, 0.25) is 0 Å². The van der Waals surface area contributed by atoms with Crippen LogP contribution in [0, 0.1) is 0 Å². The normalized spacial score (nSPS) is 13.1. The van der Waals surface area contributed by atoms with Crippen LogP contribution in [-0.2, 0) is 0 Å². The van der Waals surface area contributed by atoms with Crippen molar-refractivity contribution >= 4 is 27.3 Å². The lowest BCUT2D eigenvalue weighted by Gasteiger charge is -1.95. The van der Waals surface area contributed by atoms with Gasteiger partial charge in [-0.05, 0) is 35.0 Å². The summed E-state index contributed by atoms with van der Waals surface area (Å²) in [4.78, 5) is 5.01. The summed E-state index contributed by atoms with van der Waals surface area (Å²) in [6.45, 7) is 1.72. The number of hydrogen-bond donors (Lipinski definition) is 1. The van der Waals surface area contributed by atoms with Crippen LogP contribution in [-0.4, -0.2) is 10.1 Å². The van der Waals surface area contributed by atoms with E-state index in [4.69, 9.17) is 4.42 Å². The average molecular weight is 274 g/mol. The maximum Gasteiger partial charge on any atom is 0.170 e. The molecule has 0 saturated heterocycles. The van der Waals surface area contributed by atoms with E-state index in [1.54, 1.807) is 13.1 Å². The molecule has 1 N–H and O–H groups in total. The van der Waals surface area contributed by atoms with Gasteiger partial charge in [-0.2, -0.15) is 0 Å². The highest BCUT2D eigenvalue weighted by atomic mass is 79.9. The maximum absolute atomic E-state index is 9.32. The Balaban J connectivity index is 2.33. The summed E-state index contributed by atoms with van der Waals surface area (Å²) in [6.07, 6.45) is 1.20. The monoisotopic (exact) mass is 273 g/mol. The molecule has 0 aliphatic carbocycles. The van der Waals surface area contributed by atoms with Gasteiger partial charge in [0, 0.05) is 6.20 Å². The number of thiazole rings is 1. The second-order valence-corrected chi connectivity index (χ2v) is 4.69. The topological polar surface area (TPSA) is 46.3 Å². The fraction of sp³-hybridized carbons (Fsp3) is 0.222. The molecule has 0 aromatic carbocycles. The van der Waals surface area contributed by atoms with Crippen molar-refractivity contribution in [1.82, 2.24) is 4.98 Å². The predicted molar refractivity (Wildman–Crippen MR) is 58.1 cm³/mol. The number of aliphatic hydroxyl groups is 1. The number of aliphatic hydroxyl groups excluding tert-OH is 1. The highest BCUT2D eigenvalue weighted by Gasteiger charge is 2.10. The molecule has 1 unspecified atom stereocenters. The Kier molecular flexibility index (Phi) is 2.71. The Morgan fingerprint density at radius 3 is 2.86 bits per heavy atom. The van der Waals surface area contributed by atoms with Gasteiger partial charge in [-0.3, -0.25) is 0 Å². The van der Waals surface area contributed by atoms with Crippen LogP contribution in [0.2, 0.25) is 0 Å². The zero-order valence-electron chi connectivity index (χ0n) is 7.40. The van der Waals surface area contributed by atoms with E-state index in [1.807, 2.05) is 12.1 Å². The predicted octanol–water partition coefficient (Wildman–Crippen LogP) is 3.22. The highest BCUT2D eigenvalue weighted by molar-refractivity contribution is 9.10. The molecule has 1 atom stereocenters. The fourth-order valence-corrected chi connectivity index (χ4v) is 2.14. The highest BCUT2D eigenvalue weighted by Crippen LogP contribution is 2.30. The molecule has 2 rings (SSSR count). The lowest BCUT2D eigenvalue weighted by molar-refractivity contribution is 0.203. The van der Waals surface area contributed by atoms with Crippen molar-refractivity contribution in [2.75, 3.05) is 0 Å². The first-order valence-electron chi connectivity index (χ1n) is 4.06. The van der Waals surface area contributed by atoms with Crippen LogP contribution in [0.15, 0.2) is 27.4 Å². The van der Waals surface area contributed by atoms with Gasteiger partial charge in [-0.1, -0.05) is 0 Å². The van der Waals surface area contributed by atoms with E-state index in [0.29, 0.717) is 10.4 Å². The van der Waals surface area contributed by atoms with Crippen molar-refractivity contribution in [2.45, 2.75) is 13.0 Å². The van der Waals surface area contributed by atoms with Crippen LogP contribution in [0.4, 0.5) is 0 Å². The van der Waals surface area contributed by atoms with Crippen molar-refractivity contribution < 1.29 is 9.52 Å². The molecule has 0 saturated carbocycles. The van der Waals surface area contributed by atoms with E-state index in [0.717, 1.165) is 9.88 Å². The van der Waals surface area contributed by atoms with Crippen LogP contribution in [0.3, 0.4) is 0 Å². The van der Waals surface area contributed by atoms with Gasteiger partial charge in [-0.25, -0.2) is 4.98 Å². The summed E-state index contributed by atoms with van der Waals surface area (Å²) < 4.78 is 6.03. The maximum atomic E-state index is 9.32. The Bertz CT molecular complexity index is 435. The van der Waals surface area contributed by atoms with Gasteiger partial charge in [0.25, 0.3) is 0 Å². The molecule has 0 aliphatic heterocycles. The Morgan fingerprint density at radius 1 is 1.57 bits per heavy atom. The first kappa shape index (κ1) is 9.89. The van der Waals surface area contributed by atoms with Crippen LogP contribution in [0.1, 0.15) is 17.9 Å². The van der Waals surface area contributed by atoms with Gasteiger partial charge in [-0.15, -0.1) is 11.3 Å². The van der Waals surface area contributed by atoms with Crippen LogP contribution in [0.5, 0.6) is 0 Å². The van der Waals surface area contributed by atoms with Crippen LogP contribution < -0.4 is 0 Å². The molecule has 2 heterocycles. The van der Waals surface area contributed by atoms with Crippen molar-refractivity contribution in [3.8, 4) is 10.8 Å². The minimum Gasteiger partial charge on any atom is -0.447 e. The molecule has 0 fully saturated rings. The Hall–Kier alpha value is -0.650. The molecule has 14 heavy (non-hydrogen) atoms. The molecular formula is C9H8BrNO2S. The molecule has 0 bridgehead atoms. The third kappa shape index (κ3) is 1.89. The summed E-state index contributed by atoms with van der Waals surface area (Å²) in [5.41, 5.74) is 0. The second-order valence-electron chi connectivity index (χ2n) is 2.85. The van der Waals surface area contributed by atoms with Gasteiger partial charge in [0.1, 0.15) is 0 Å². The quantitative estimate of drug-likeness (QED) is 0.914. The standard InChI is InChI=1S/C9H8BrNO2S/c1-5(12)7-4-11-9(14-7)6-2-3-8(10)13-6/h2-5,12H,1H3. The molecule has 0 amide bonds. The summed E-state index contributed by atoms with van der Waals surface area (Å²) in [5.74, 6) is 0.716. The summed E-state index contributed by atoms with van der Waals surface area (Å²) >= 11 is 4.66. The van der Waals surface area contributed by atoms with Gasteiger partial charge in [0.05, 0.1) is 11.0 Å². The van der Waals surface area contributed by atoms with E-state index in [9.17, 15) is 5.11 Å². The van der Waals surface area contributed by atoms with E-state index >= 15 is 0 Å². The van der Waals surface area contributed by atoms with E-state index in [1.165, 1.54) is 11.3 Å². The zero-order chi connectivity index (χ0) is 10.1. The second kappa shape index (κ2) is 3.84. The van der Waals surface area contributed by atoms with E-state index < -0.39 is 6.10 Å². The number of furan rings is 1. The largest absolute Gasteiger partial charge is 0.447 e. The molecule has 2 aromatic heterocycles. The number of aromatic nitrogens is 1. The van der Waals surface area contributed by atoms with Crippen molar-refractivity contribution in [3.05, 3.63) is 27.9 Å². The summed E-state index contributed by atoms with van der Waals surface area (Å²) in [5, 5.41) is 10.1. The van der Waals surface area contributed by atoms with E-state index in [-0.39, 0.29) is 0 Å². The van der Waals surface area contributed by atoms with Crippen molar-refractivity contribution in [1.29, 1.82) is 0 Å². The lowest BCUT2D eigenvalue weighted by Crippen LogP contribution is -1.83. The molecule has 0 radical (unpaired) electrons. The lowest BCUT2D eigenvalue weighted by atomic mass is 10.4. The van der Waals surface area contributed by atoms with Crippen LogP contribution >= 0.6 is 27.3 Å². The van der Waals surface area contributed by atoms with E-state index in [2.05, 4.69) is 20.9 Å². The first-order valence-corrected chi connectivity index (χ1v) is 5.67. The molecular weight excluding hydrogens is 266 g/mol. The van der Waals surface area contributed by atoms with Gasteiger partial charge in [0.15, 0.2) is 15.4 Å². The SMILES string of the molecule is CC(O)c1cnc(-c2ccc(Br)o2)s1. The Morgan fingerprint density at radius 2 is 2.36 bits per heavy atom. The molecule has 0 spiro atoms. The van der Waals surface area contributed by atoms with Crippen molar-refractivity contribution in [3.63, 3.8) is 0 Å². The average Bonchev–Trinajstić information content (AvgIpc) is 2.70. The zero-order valence-corrected chi connectivity index (χ0v) is 9.80. The Labute approximate surface area is 93.5 Å². The molecule has 0 aliphatic rings. The minimum absolute atomic E-state index is 0.473.